The van der Waals surface area contributed by atoms with Gasteiger partial charge in [-0.1, -0.05) is 6.07 Å². The van der Waals surface area contributed by atoms with Crippen molar-refractivity contribution >= 4 is 11.4 Å². The molecule has 1 aliphatic heterocycles. The minimum absolute atomic E-state index is 0.0211. The summed E-state index contributed by atoms with van der Waals surface area (Å²) in [6.45, 7) is 2.87. The molecular weight excluding hydrogens is 248 g/mol. The summed E-state index contributed by atoms with van der Waals surface area (Å²) in [7, 11) is 1.84. The van der Waals surface area contributed by atoms with Crippen LogP contribution in [0, 0.1) is 10.1 Å². The Kier molecular flexibility index (Phi) is 4.01. The third kappa shape index (κ3) is 2.85. The van der Waals surface area contributed by atoms with Crippen LogP contribution in [0.1, 0.15) is 25.0 Å². The Morgan fingerprint density at radius 1 is 1.58 bits per heavy atom. The summed E-state index contributed by atoms with van der Waals surface area (Å²) in [5, 5.41) is 20.7. The average molecular weight is 266 g/mol. The van der Waals surface area contributed by atoms with Crippen LogP contribution in [0.5, 0.6) is 0 Å². The second-order valence-corrected chi connectivity index (χ2v) is 4.81. The molecule has 0 saturated carbocycles. The maximum Gasteiger partial charge on any atom is 0.292 e. The van der Waals surface area contributed by atoms with Crippen LogP contribution < -0.4 is 4.90 Å². The quantitative estimate of drug-likeness (QED) is 0.665. The van der Waals surface area contributed by atoms with Gasteiger partial charge in [-0.3, -0.25) is 10.1 Å². The number of ether oxygens (including phenoxy) is 1. The summed E-state index contributed by atoms with van der Waals surface area (Å²) in [5.74, 6) is 0. The van der Waals surface area contributed by atoms with Gasteiger partial charge in [0.25, 0.3) is 5.69 Å². The molecule has 0 aromatic heterocycles. The Morgan fingerprint density at radius 3 is 2.84 bits per heavy atom. The molecule has 1 aromatic rings. The molecule has 0 radical (unpaired) electrons. The lowest BCUT2D eigenvalue weighted by atomic mass is 10.1. The number of rotatable bonds is 4. The predicted octanol–water partition coefficient (Wildman–Crippen LogP) is 1.87. The van der Waals surface area contributed by atoms with E-state index in [1.807, 2.05) is 11.9 Å². The van der Waals surface area contributed by atoms with Crippen LogP contribution in [0.2, 0.25) is 0 Å². The molecule has 6 nitrogen and oxygen atoms in total. The van der Waals surface area contributed by atoms with Crippen molar-refractivity contribution in [1.29, 1.82) is 0 Å². The van der Waals surface area contributed by atoms with Crippen LogP contribution in [0.3, 0.4) is 0 Å². The molecular formula is C13H18N2O4. The highest BCUT2D eigenvalue weighted by Crippen LogP contribution is 2.32. The summed E-state index contributed by atoms with van der Waals surface area (Å²) < 4.78 is 5.31. The number of nitrogens with zero attached hydrogens (tertiary/aromatic N) is 2. The van der Waals surface area contributed by atoms with Crippen LogP contribution in [0.25, 0.3) is 0 Å². The minimum Gasteiger partial charge on any atom is -0.389 e. The second kappa shape index (κ2) is 5.54. The molecule has 0 spiro atoms. The molecule has 0 amide bonds. The topological polar surface area (TPSA) is 75.8 Å². The first-order chi connectivity index (χ1) is 9.00. The maximum atomic E-state index is 11.2. The SMILES string of the molecule is CC(O)c1ccc(N(C)C2CCOC2)c([N+](=O)[O-])c1. The number of hydrogen-bond acceptors (Lipinski definition) is 5. The van der Waals surface area contributed by atoms with E-state index in [0.29, 0.717) is 24.5 Å². The number of nitro groups is 1. The molecule has 2 unspecified atom stereocenters. The van der Waals surface area contributed by atoms with Crippen LogP contribution in [0.15, 0.2) is 18.2 Å². The molecule has 1 aromatic carbocycles. The van der Waals surface area contributed by atoms with Crippen molar-refractivity contribution in [3.05, 3.63) is 33.9 Å². The first-order valence-electron chi connectivity index (χ1n) is 6.27. The molecule has 1 N–H and O–H groups in total. The van der Waals surface area contributed by atoms with Crippen LogP contribution in [-0.4, -0.2) is 36.3 Å². The van der Waals surface area contributed by atoms with Crippen LogP contribution in [0.4, 0.5) is 11.4 Å². The van der Waals surface area contributed by atoms with Gasteiger partial charge in [0.1, 0.15) is 5.69 Å². The Bertz CT molecular complexity index is 470. The van der Waals surface area contributed by atoms with E-state index in [0.717, 1.165) is 6.42 Å². The fourth-order valence-corrected chi connectivity index (χ4v) is 2.27. The van der Waals surface area contributed by atoms with Crippen LogP contribution in [-0.2, 0) is 4.74 Å². The zero-order chi connectivity index (χ0) is 14.0. The van der Waals surface area contributed by atoms with Crippen molar-refractivity contribution in [2.75, 3.05) is 25.2 Å². The molecule has 0 bridgehead atoms. The van der Waals surface area contributed by atoms with Crippen molar-refractivity contribution in [1.82, 2.24) is 0 Å². The van der Waals surface area contributed by atoms with Gasteiger partial charge in [-0.2, -0.15) is 0 Å². The zero-order valence-electron chi connectivity index (χ0n) is 11.1. The van der Waals surface area contributed by atoms with E-state index in [4.69, 9.17) is 4.74 Å². The molecule has 1 fully saturated rings. The fraction of sp³-hybridized carbons (Fsp3) is 0.538. The highest BCUT2D eigenvalue weighted by Gasteiger charge is 2.26. The number of likely N-dealkylation sites (N-methyl/N-ethyl adjacent to an activating group) is 1. The largest absolute Gasteiger partial charge is 0.389 e. The highest BCUT2D eigenvalue weighted by atomic mass is 16.6. The lowest BCUT2D eigenvalue weighted by Crippen LogP contribution is -2.32. The van der Waals surface area contributed by atoms with E-state index in [2.05, 4.69) is 0 Å². The first kappa shape index (κ1) is 13.8. The molecule has 2 rings (SSSR count). The Hall–Kier alpha value is -1.66. The van der Waals surface area contributed by atoms with E-state index in [-0.39, 0.29) is 11.7 Å². The van der Waals surface area contributed by atoms with Gasteiger partial charge in [0.15, 0.2) is 0 Å². The standard InChI is InChI=1S/C13H18N2O4/c1-9(16)10-3-4-12(13(7-10)15(17)18)14(2)11-5-6-19-8-11/h3-4,7,9,11,16H,5-6,8H2,1-2H3. The molecule has 1 heterocycles. The second-order valence-electron chi connectivity index (χ2n) is 4.81. The van der Waals surface area contributed by atoms with Gasteiger partial charge >= 0.3 is 0 Å². The van der Waals surface area contributed by atoms with Crippen molar-refractivity contribution in [2.45, 2.75) is 25.5 Å². The average Bonchev–Trinajstić information content (AvgIpc) is 2.90. The number of aliphatic hydroxyl groups excluding tert-OH is 1. The smallest absolute Gasteiger partial charge is 0.292 e. The number of hydrogen-bond donors (Lipinski definition) is 1. The van der Waals surface area contributed by atoms with E-state index >= 15 is 0 Å². The Labute approximate surface area is 111 Å². The van der Waals surface area contributed by atoms with Gasteiger partial charge < -0.3 is 14.7 Å². The fourth-order valence-electron chi connectivity index (χ4n) is 2.27. The number of anilines is 1. The summed E-state index contributed by atoms with van der Waals surface area (Å²) in [4.78, 5) is 12.7. The number of benzene rings is 1. The van der Waals surface area contributed by atoms with E-state index in [1.165, 1.54) is 6.07 Å². The Morgan fingerprint density at radius 2 is 2.32 bits per heavy atom. The summed E-state index contributed by atoms with van der Waals surface area (Å²) in [5.41, 5.74) is 1.13. The van der Waals surface area contributed by atoms with Crippen molar-refractivity contribution in [3.63, 3.8) is 0 Å². The monoisotopic (exact) mass is 266 g/mol. The summed E-state index contributed by atoms with van der Waals surface area (Å²) in [6, 6.07) is 5.01. The highest BCUT2D eigenvalue weighted by molar-refractivity contribution is 5.64. The van der Waals surface area contributed by atoms with Gasteiger partial charge in [0.2, 0.25) is 0 Å². The zero-order valence-corrected chi connectivity index (χ0v) is 11.1. The molecule has 1 saturated heterocycles. The van der Waals surface area contributed by atoms with E-state index in [9.17, 15) is 15.2 Å². The molecule has 19 heavy (non-hydrogen) atoms. The summed E-state index contributed by atoms with van der Waals surface area (Å²) in [6.07, 6.45) is 0.152. The minimum atomic E-state index is -0.715. The number of aliphatic hydroxyl groups is 1. The normalized spacial score (nSPS) is 20.3. The molecule has 104 valence electrons. The van der Waals surface area contributed by atoms with Crippen LogP contribution >= 0.6 is 0 Å². The molecule has 6 heteroatoms. The Balaban J connectivity index is 2.35. The van der Waals surface area contributed by atoms with E-state index < -0.39 is 11.0 Å². The summed E-state index contributed by atoms with van der Waals surface area (Å²) >= 11 is 0. The van der Waals surface area contributed by atoms with Gasteiger partial charge in [-0.25, -0.2) is 0 Å². The molecule has 1 aliphatic rings. The van der Waals surface area contributed by atoms with Gasteiger partial charge in [0, 0.05) is 19.7 Å². The van der Waals surface area contributed by atoms with E-state index in [1.54, 1.807) is 19.1 Å². The third-order valence-corrected chi connectivity index (χ3v) is 3.51. The lowest BCUT2D eigenvalue weighted by molar-refractivity contribution is -0.384. The predicted molar refractivity (Wildman–Crippen MR) is 71.4 cm³/mol. The van der Waals surface area contributed by atoms with Gasteiger partial charge in [-0.15, -0.1) is 0 Å². The van der Waals surface area contributed by atoms with Gasteiger partial charge in [-0.05, 0) is 25.0 Å². The number of nitro benzene ring substituents is 1. The van der Waals surface area contributed by atoms with Crippen molar-refractivity contribution in [2.24, 2.45) is 0 Å². The van der Waals surface area contributed by atoms with Crippen molar-refractivity contribution < 1.29 is 14.8 Å². The van der Waals surface area contributed by atoms with Crippen molar-refractivity contribution in [3.8, 4) is 0 Å². The first-order valence-corrected chi connectivity index (χ1v) is 6.27. The third-order valence-electron chi connectivity index (χ3n) is 3.51. The lowest BCUT2D eigenvalue weighted by Gasteiger charge is -2.25. The van der Waals surface area contributed by atoms with Gasteiger partial charge in [0.05, 0.1) is 23.7 Å². The molecule has 2 atom stereocenters. The maximum absolute atomic E-state index is 11.2. The molecule has 0 aliphatic carbocycles.